The number of para-hydroxylation sites is 1. The van der Waals surface area contributed by atoms with Gasteiger partial charge in [-0.15, -0.1) is 0 Å². The van der Waals surface area contributed by atoms with Crippen molar-refractivity contribution in [2.24, 2.45) is 0 Å². The highest BCUT2D eigenvalue weighted by molar-refractivity contribution is 6.07. The molecule has 6 rings (SSSR count). The van der Waals surface area contributed by atoms with Crippen molar-refractivity contribution in [1.82, 2.24) is 20.2 Å². The summed E-state index contributed by atoms with van der Waals surface area (Å²) in [6, 6.07) is 20.6. The number of fused-ring (bicyclic) bond motifs is 2. The van der Waals surface area contributed by atoms with E-state index in [0.29, 0.717) is 16.3 Å². The van der Waals surface area contributed by atoms with Crippen LogP contribution in [-0.2, 0) is 16.9 Å². The second kappa shape index (κ2) is 7.66. The van der Waals surface area contributed by atoms with Crippen molar-refractivity contribution in [3.63, 3.8) is 0 Å². The van der Waals surface area contributed by atoms with E-state index in [-0.39, 0.29) is 12.4 Å². The zero-order valence-electron chi connectivity index (χ0n) is 18.3. The standard InChI is InChI=1S/C27H19FN4O3/c28-20-11-8-18-14-32(24(33)22(18)13-20)15-27(25(34)30-26(35)31-27)19-9-6-16(7-10-19)21-5-1-3-17-4-2-12-29-23(17)21/h1-14,33H,15H2,(H2,30,31,34,35)/t27-/m1/s1. The van der Waals surface area contributed by atoms with Gasteiger partial charge in [-0.2, -0.15) is 0 Å². The zero-order valence-corrected chi connectivity index (χ0v) is 18.3. The molecule has 0 saturated carbocycles. The highest BCUT2D eigenvalue weighted by atomic mass is 19.1. The van der Waals surface area contributed by atoms with Gasteiger partial charge in [0.1, 0.15) is 5.82 Å². The molecule has 0 spiro atoms. The fourth-order valence-electron chi connectivity index (χ4n) is 4.76. The van der Waals surface area contributed by atoms with Gasteiger partial charge in [0, 0.05) is 34.1 Å². The Bertz CT molecular complexity index is 1640. The van der Waals surface area contributed by atoms with Gasteiger partial charge >= 0.3 is 6.03 Å². The first-order chi connectivity index (χ1) is 16.9. The molecule has 0 unspecified atom stereocenters. The second-order valence-corrected chi connectivity index (χ2v) is 8.58. The highest BCUT2D eigenvalue weighted by Gasteiger charge is 2.48. The minimum absolute atomic E-state index is 0.0815. The number of aromatic nitrogens is 2. The summed E-state index contributed by atoms with van der Waals surface area (Å²) in [5, 5.41) is 17.7. The maximum atomic E-state index is 13.7. The normalized spacial score (nSPS) is 17.6. The number of benzene rings is 3. The number of carbonyl (C=O) groups is 2. The summed E-state index contributed by atoms with van der Waals surface area (Å²) in [7, 11) is 0. The number of urea groups is 1. The fraction of sp³-hybridized carbons (Fsp3) is 0.0741. The van der Waals surface area contributed by atoms with E-state index >= 15 is 0 Å². The largest absolute Gasteiger partial charge is 0.494 e. The maximum absolute atomic E-state index is 13.7. The van der Waals surface area contributed by atoms with Crippen molar-refractivity contribution >= 4 is 33.6 Å². The van der Waals surface area contributed by atoms with E-state index in [9.17, 15) is 19.1 Å². The molecule has 1 aliphatic rings. The van der Waals surface area contributed by atoms with Crippen LogP contribution in [0.25, 0.3) is 32.8 Å². The van der Waals surface area contributed by atoms with Crippen LogP contribution in [0.4, 0.5) is 9.18 Å². The second-order valence-electron chi connectivity index (χ2n) is 8.58. The van der Waals surface area contributed by atoms with E-state index in [1.807, 2.05) is 42.5 Å². The Balaban J connectivity index is 1.43. The summed E-state index contributed by atoms with van der Waals surface area (Å²) in [6.07, 6.45) is 3.37. The topological polar surface area (TPSA) is 96.2 Å². The van der Waals surface area contributed by atoms with E-state index in [1.54, 1.807) is 30.6 Å². The molecule has 35 heavy (non-hydrogen) atoms. The average Bonchev–Trinajstić information content (AvgIpc) is 3.33. The number of rotatable bonds is 4. The summed E-state index contributed by atoms with van der Waals surface area (Å²) in [5.74, 6) is -1.21. The van der Waals surface area contributed by atoms with Crippen LogP contribution in [0, 0.1) is 5.82 Å². The predicted octanol–water partition coefficient (Wildman–Crippen LogP) is 4.44. The molecule has 0 radical (unpaired) electrons. The molecule has 0 bridgehead atoms. The number of nitrogens with zero attached hydrogens (tertiary/aromatic N) is 2. The van der Waals surface area contributed by atoms with Crippen LogP contribution in [0.3, 0.4) is 0 Å². The SMILES string of the molecule is O=C1NC(=O)[C@@](Cn2cc3ccc(F)cc3c2O)(c2ccc(-c3cccc4cccnc34)cc2)N1. The van der Waals surface area contributed by atoms with Gasteiger partial charge in [-0.1, -0.05) is 48.5 Å². The van der Waals surface area contributed by atoms with Crippen molar-refractivity contribution in [3.05, 3.63) is 96.6 Å². The van der Waals surface area contributed by atoms with Gasteiger partial charge in [-0.05, 0) is 35.4 Å². The van der Waals surface area contributed by atoms with Gasteiger partial charge in [-0.25, -0.2) is 9.18 Å². The third kappa shape index (κ3) is 3.30. The van der Waals surface area contributed by atoms with Gasteiger partial charge in [0.25, 0.3) is 5.91 Å². The number of carbonyl (C=O) groups excluding carboxylic acids is 2. The summed E-state index contributed by atoms with van der Waals surface area (Å²) in [6.45, 7) is -0.0815. The Kier molecular flexibility index (Phi) is 4.57. The monoisotopic (exact) mass is 466 g/mol. The minimum atomic E-state index is -1.46. The van der Waals surface area contributed by atoms with Crippen molar-refractivity contribution in [2.45, 2.75) is 12.1 Å². The molecule has 3 heterocycles. The predicted molar refractivity (Wildman–Crippen MR) is 129 cm³/mol. The summed E-state index contributed by atoms with van der Waals surface area (Å²) in [5.41, 5.74) is 1.79. The molecule has 1 saturated heterocycles. The number of nitrogens with one attached hydrogen (secondary N) is 2. The van der Waals surface area contributed by atoms with E-state index in [0.717, 1.165) is 22.0 Å². The molecule has 3 aromatic carbocycles. The maximum Gasteiger partial charge on any atom is 0.322 e. The Hall–Kier alpha value is -4.72. The van der Waals surface area contributed by atoms with Crippen LogP contribution in [-0.4, -0.2) is 26.6 Å². The molecular weight excluding hydrogens is 447 g/mol. The summed E-state index contributed by atoms with van der Waals surface area (Å²) < 4.78 is 15.2. The number of hydrogen-bond donors (Lipinski definition) is 3. The number of hydrogen-bond acceptors (Lipinski definition) is 4. The number of aromatic hydroxyl groups is 1. The average molecular weight is 466 g/mol. The molecule has 3 N–H and O–H groups in total. The molecule has 1 atom stereocenters. The first-order valence-corrected chi connectivity index (χ1v) is 11.0. The molecule has 0 aliphatic carbocycles. The Labute approximate surface area is 198 Å². The van der Waals surface area contributed by atoms with Gasteiger partial charge in [0.05, 0.1) is 12.1 Å². The molecule has 7 nitrogen and oxygen atoms in total. The van der Waals surface area contributed by atoms with Crippen LogP contribution in [0.5, 0.6) is 5.88 Å². The number of amides is 3. The van der Waals surface area contributed by atoms with Crippen molar-refractivity contribution in [2.75, 3.05) is 0 Å². The lowest BCUT2D eigenvalue weighted by molar-refractivity contribution is -0.124. The third-order valence-corrected chi connectivity index (χ3v) is 6.49. The zero-order chi connectivity index (χ0) is 24.2. The molecule has 172 valence electrons. The summed E-state index contributed by atoms with van der Waals surface area (Å²) >= 11 is 0. The third-order valence-electron chi connectivity index (χ3n) is 6.49. The van der Waals surface area contributed by atoms with Crippen LogP contribution in [0.15, 0.2) is 85.2 Å². The van der Waals surface area contributed by atoms with Crippen LogP contribution in [0.2, 0.25) is 0 Å². The van der Waals surface area contributed by atoms with Gasteiger partial charge in [-0.3, -0.25) is 15.1 Å². The van der Waals surface area contributed by atoms with Crippen molar-refractivity contribution in [3.8, 4) is 17.0 Å². The number of pyridine rings is 1. The van der Waals surface area contributed by atoms with E-state index in [2.05, 4.69) is 15.6 Å². The Morgan fingerprint density at radius 1 is 0.971 bits per heavy atom. The summed E-state index contributed by atoms with van der Waals surface area (Å²) in [4.78, 5) is 29.8. The van der Waals surface area contributed by atoms with E-state index in [1.165, 1.54) is 16.7 Å². The lowest BCUT2D eigenvalue weighted by Crippen LogP contribution is -2.47. The van der Waals surface area contributed by atoms with Gasteiger partial charge in [0.2, 0.25) is 0 Å². The lowest BCUT2D eigenvalue weighted by atomic mass is 9.88. The first kappa shape index (κ1) is 20.9. The number of halogens is 1. The smallest absolute Gasteiger partial charge is 0.322 e. The molecule has 3 amide bonds. The number of imide groups is 1. The highest BCUT2D eigenvalue weighted by Crippen LogP contribution is 2.35. The Morgan fingerprint density at radius 3 is 2.54 bits per heavy atom. The first-order valence-electron chi connectivity index (χ1n) is 11.0. The van der Waals surface area contributed by atoms with Crippen LogP contribution >= 0.6 is 0 Å². The van der Waals surface area contributed by atoms with E-state index in [4.69, 9.17) is 0 Å². The van der Waals surface area contributed by atoms with Gasteiger partial charge < -0.3 is 15.0 Å². The fourth-order valence-corrected chi connectivity index (χ4v) is 4.76. The molecule has 1 aliphatic heterocycles. The van der Waals surface area contributed by atoms with Crippen LogP contribution < -0.4 is 10.6 Å². The Morgan fingerprint density at radius 2 is 1.77 bits per heavy atom. The molecular formula is C27H19FN4O3. The molecule has 5 aromatic rings. The van der Waals surface area contributed by atoms with E-state index < -0.39 is 23.3 Å². The molecule has 8 heteroatoms. The lowest BCUT2D eigenvalue weighted by Gasteiger charge is -2.27. The van der Waals surface area contributed by atoms with Crippen molar-refractivity contribution in [1.29, 1.82) is 0 Å². The quantitative estimate of drug-likeness (QED) is 0.341. The van der Waals surface area contributed by atoms with Crippen molar-refractivity contribution < 1.29 is 19.1 Å². The van der Waals surface area contributed by atoms with Crippen LogP contribution in [0.1, 0.15) is 5.56 Å². The minimum Gasteiger partial charge on any atom is -0.494 e. The van der Waals surface area contributed by atoms with Gasteiger partial charge in [0.15, 0.2) is 11.4 Å². The molecule has 2 aromatic heterocycles. The molecule has 1 fully saturated rings.